The van der Waals surface area contributed by atoms with Crippen LogP contribution in [-0.2, 0) is 18.6 Å². The Labute approximate surface area is 182 Å². The Hall–Kier alpha value is -3.50. The SMILES string of the molecule is CC(C)(c1ccccc1)c1ccc(CNC(=O)c2ccc3cccc(CO)c3n2)cc1. The number of fused-ring (bicyclic) bond motifs is 1. The topological polar surface area (TPSA) is 62.2 Å². The van der Waals surface area contributed by atoms with Crippen molar-refractivity contribution in [1.29, 1.82) is 0 Å². The van der Waals surface area contributed by atoms with Crippen LogP contribution >= 0.6 is 0 Å². The van der Waals surface area contributed by atoms with E-state index in [1.54, 1.807) is 6.07 Å². The van der Waals surface area contributed by atoms with Crippen molar-refractivity contribution in [3.63, 3.8) is 0 Å². The van der Waals surface area contributed by atoms with Crippen molar-refractivity contribution in [2.24, 2.45) is 0 Å². The van der Waals surface area contributed by atoms with Crippen LogP contribution < -0.4 is 5.32 Å². The summed E-state index contributed by atoms with van der Waals surface area (Å²) in [5.74, 6) is -0.233. The van der Waals surface area contributed by atoms with Gasteiger partial charge in [-0.3, -0.25) is 4.79 Å². The molecule has 0 radical (unpaired) electrons. The first-order valence-electron chi connectivity index (χ1n) is 10.4. The zero-order valence-corrected chi connectivity index (χ0v) is 17.8. The summed E-state index contributed by atoms with van der Waals surface area (Å²) in [6.45, 7) is 4.74. The monoisotopic (exact) mass is 410 g/mol. The summed E-state index contributed by atoms with van der Waals surface area (Å²) in [6.07, 6.45) is 0. The molecule has 0 fully saturated rings. The number of nitrogens with zero attached hydrogens (tertiary/aromatic N) is 1. The van der Waals surface area contributed by atoms with E-state index >= 15 is 0 Å². The van der Waals surface area contributed by atoms with Gasteiger partial charge in [0, 0.05) is 22.9 Å². The number of carbonyl (C=O) groups excluding carboxylic acids is 1. The predicted octanol–water partition coefficient (Wildman–Crippen LogP) is 4.98. The molecule has 4 rings (SSSR count). The first kappa shape index (κ1) is 20.8. The third-order valence-electron chi connectivity index (χ3n) is 5.83. The van der Waals surface area contributed by atoms with Gasteiger partial charge in [0.05, 0.1) is 12.1 Å². The fourth-order valence-corrected chi connectivity index (χ4v) is 3.80. The van der Waals surface area contributed by atoms with Gasteiger partial charge in [0.1, 0.15) is 5.69 Å². The Kier molecular flexibility index (Phi) is 5.83. The average Bonchev–Trinajstić information content (AvgIpc) is 2.82. The summed E-state index contributed by atoms with van der Waals surface area (Å²) in [5, 5.41) is 13.4. The molecule has 3 aromatic carbocycles. The summed E-state index contributed by atoms with van der Waals surface area (Å²) < 4.78 is 0. The summed E-state index contributed by atoms with van der Waals surface area (Å²) in [5.41, 5.74) is 5.13. The highest BCUT2D eigenvalue weighted by molar-refractivity contribution is 5.95. The summed E-state index contributed by atoms with van der Waals surface area (Å²) in [6, 6.07) is 28.0. The van der Waals surface area contributed by atoms with Gasteiger partial charge in [-0.1, -0.05) is 92.7 Å². The fraction of sp³-hybridized carbons (Fsp3) is 0.185. The Morgan fingerprint density at radius 3 is 2.29 bits per heavy atom. The first-order valence-corrected chi connectivity index (χ1v) is 10.4. The average molecular weight is 411 g/mol. The minimum Gasteiger partial charge on any atom is -0.392 e. The number of nitrogens with one attached hydrogen (secondary N) is 1. The van der Waals surface area contributed by atoms with Gasteiger partial charge < -0.3 is 10.4 Å². The largest absolute Gasteiger partial charge is 0.392 e. The van der Waals surface area contributed by atoms with Crippen LogP contribution in [0.2, 0.25) is 0 Å². The molecule has 0 aliphatic heterocycles. The molecule has 0 saturated carbocycles. The van der Waals surface area contributed by atoms with Crippen LogP contribution in [0.1, 0.15) is 46.6 Å². The van der Waals surface area contributed by atoms with E-state index in [0.717, 1.165) is 10.9 Å². The standard InChI is InChI=1S/C27H26N2O2/c1-27(2,22-9-4-3-5-10-22)23-14-11-19(12-15-23)17-28-26(31)24-16-13-20-7-6-8-21(18-30)25(20)29-24/h3-16,30H,17-18H2,1-2H3,(H,28,31). The number of para-hydroxylation sites is 1. The number of aromatic nitrogens is 1. The van der Waals surface area contributed by atoms with Gasteiger partial charge in [0.2, 0.25) is 0 Å². The molecular weight excluding hydrogens is 384 g/mol. The van der Waals surface area contributed by atoms with Crippen molar-refractivity contribution >= 4 is 16.8 Å². The van der Waals surface area contributed by atoms with Crippen LogP contribution in [-0.4, -0.2) is 16.0 Å². The molecule has 156 valence electrons. The molecule has 0 aliphatic carbocycles. The van der Waals surface area contributed by atoms with Crippen LogP contribution in [0, 0.1) is 0 Å². The second-order valence-corrected chi connectivity index (χ2v) is 8.21. The molecule has 0 atom stereocenters. The third-order valence-corrected chi connectivity index (χ3v) is 5.83. The van der Waals surface area contributed by atoms with Crippen molar-refractivity contribution in [3.05, 3.63) is 113 Å². The van der Waals surface area contributed by atoms with Crippen LogP contribution in [0.4, 0.5) is 0 Å². The van der Waals surface area contributed by atoms with Gasteiger partial charge in [-0.25, -0.2) is 4.98 Å². The van der Waals surface area contributed by atoms with E-state index in [2.05, 4.69) is 72.7 Å². The van der Waals surface area contributed by atoms with Gasteiger partial charge in [-0.2, -0.15) is 0 Å². The molecule has 0 spiro atoms. The number of rotatable bonds is 6. The Bertz CT molecular complexity index is 1200. The minimum absolute atomic E-state index is 0.0948. The second-order valence-electron chi connectivity index (χ2n) is 8.21. The Balaban J connectivity index is 1.46. The smallest absolute Gasteiger partial charge is 0.270 e. The fourth-order valence-electron chi connectivity index (χ4n) is 3.80. The Morgan fingerprint density at radius 1 is 0.871 bits per heavy atom. The highest BCUT2D eigenvalue weighted by Gasteiger charge is 2.22. The summed E-state index contributed by atoms with van der Waals surface area (Å²) in [7, 11) is 0. The van der Waals surface area contributed by atoms with Crippen molar-refractivity contribution in [2.75, 3.05) is 0 Å². The van der Waals surface area contributed by atoms with Crippen LogP contribution in [0.15, 0.2) is 84.9 Å². The molecule has 0 bridgehead atoms. The summed E-state index contributed by atoms with van der Waals surface area (Å²) >= 11 is 0. The van der Waals surface area contributed by atoms with Crippen molar-refractivity contribution in [3.8, 4) is 0 Å². The summed E-state index contributed by atoms with van der Waals surface area (Å²) in [4.78, 5) is 17.1. The number of aliphatic hydroxyl groups is 1. The van der Waals surface area contributed by atoms with Gasteiger partial charge in [-0.05, 0) is 22.8 Å². The zero-order valence-electron chi connectivity index (χ0n) is 17.8. The van der Waals surface area contributed by atoms with E-state index in [1.807, 2.05) is 30.3 Å². The van der Waals surface area contributed by atoms with Crippen LogP contribution in [0.5, 0.6) is 0 Å². The lowest BCUT2D eigenvalue weighted by molar-refractivity contribution is 0.0946. The molecule has 4 heteroatoms. The molecule has 1 amide bonds. The number of hydrogen-bond acceptors (Lipinski definition) is 3. The highest BCUT2D eigenvalue weighted by Crippen LogP contribution is 2.31. The predicted molar refractivity (Wildman–Crippen MR) is 124 cm³/mol. The molecule has 0 saturated heterocycles. The molecular formula is C27H26N2O2. The molecule has 0 aliphatic rings. The Morgan fingerprint density at radius 2 is 1.58 bits per heavy atom. The number of aliphatic hydroxyl groups excluding tert-OH is 1. The maximum absolute atomic E-state index is 12.6. The maximum Gasteiger partial charge on any atom is 0.270 e. The number of hydrogen-bond donors (Lipinski definition) is 2. The van der Waals surface area contributed by atoms with E-state index in [9.17, 15) is 9.90 Å². The lowest BCUT2D eigenvalue weighted by atomic mass is 9.78. The number of amides is 1. The molecule has 31 heavy (non-hydrogen) atoms. The van der Waals surface area contributed by atoms with Crippen LogP contribution in [0.3, 0.4) is 0 Å². The van der Waals surface area contributed by atoms with E-state index in [1.165, 1.54) is 11.1 Å². The van der Waals surface area contributed by atoms with Gasteiger partial charge >= 0.3 is 0 Å². The maximum atomic E-state index is 12.6. The highest BCUT2D eigenvalue weighted by atomic mass is 16.3. The van der Waals surface area contributed by atoms with Gasteiger partial charge in [-0.15, -0.1) is 0 Å². The van der Waals surface area contributed by atoms with Gasteiger partial charge in [0.25, 0.3) is 5.91 Å². The number of pyridine rings is 1. The molecule has 4 nitrogen and oxygen atoms in total. The minimum atomic E-state index is -0.233. The molecule has 2 N–H and O–H groups in total. The molecule has 1 heterocycles. The van der Waals surface area contributed by atoms with Crippen molar-refractivity contribution in [2.45, 2.75) is 32.4 Å². The molecule has 0 unspecified atom stereocenters. The quantitative estimate of drug-likeness (QED) is 0.471. The van der Waals surface area contributed by atoms with Crippen molar-refractivity contribution in [1.82, 2.24) is 10.3 Å². The lowest BCUT2D eigenvalue weighted by Gasteiger charge is -2.26. The molecule has 4 aromatic rings. The van der Waals surface area contributed by atoms with E-state index in [4.69, 9.17) is 0 Å². The van der Waals surface area contributed by atoms with E-state index < -0.39 is 0 Å². The van der Waals surface area contributed by atoms with Gasteiger partial charge in [0.15, 0.2) is 0 Å². The number of carbonyl (C=O) groups is 1. The van der Waals surface area contributed by atoms with Crippen LogP contribution in [0.25, 0.3) is 10.9 Å². The first-order chi connectivity index (χ1) is 15.0. The molecule has 1 aromatic heterocycles. The third kappa shape index (κ3) is 4.35. The van der Waals surface area contributed by atoms with E-state index in [0.29, 0.717) is 23.3 Å². The lowest BCUT2D eigenvalue weighted by Crippen LogP contribution is -2.24. The van der Waals surface area contributed by atoms with E-state index in [-0.39, 0.29) is 17.9 Å². The number of benzene rings is 3. The van der Waals surface area contributed by atoms with Crippen molar-refractivity contribution < 1.29 is 9.90 Å². The zero-order chi connectivity index (χ0) is 21.8. The normalized spacial score (nSPS) is 11.5. The second kappa shape index (κ2) is 8.70.